The summed E-state index contributed by atoms with van der Waals surface area (Å²) in [6.07, 6.45) is 0.841. The van der Waals surface area contributed by atoms with E-state index in [1.54, 1.807) is 25.1 Å². The van der Waals surface area contributed by atoms with Crippen LogP contribution in [0, 0.1) is 12.8 Å². The first-order chi connectivity index (χ1) is 8.86. The van der Waals surface area contributed by atoms with Crippen LogP contribution in [0.25, 0.3) is 0 Å². The van der Waals surface area contributed by atoms with Crippen molar-refractivity contribution in [1.29, 1.82) is 0 Å². The first-order valence-electron chi connectivity index (χ1n) is 6.33. The molecule has 0 radical (unpaired) electrons. The zero-order valence-electron chi connectivity index (χ0n) is 11.6. The van der Waals surface area contributed by atoms with Crippen molar-refractivity contribution in [3.8, 4) is 0 Å². The van der Waals surface area contributed by atoms with Gasteiger partial charge in [-0.1, -0.05) is 20.3 Å². The molecule has 2 atom stereocenters. The lowest BCUT2D eigenvalue weighted by atomic mass is 9.99. The van der Waals surface area contributed by atoms with E-state index in [1.807, 2.05) is 13.8 Å². The predicted molar refractivity (Wildman–Crippen MR) is 75.8 cm³/mol. The summed E-state index contributed by atoms with van der Waals surface area (Å²) in [6, 6.07) is 4.35. The number of benzene rings is 1. The van der Waals surface area contributed by atoms with Gasteiger partial charge in [0.05, 0.1) is 6.04 Å². The van der Waals surface area contributed by atoms with Crippen molar-refractivity contribution in [1.82, 2.24) is 0 Å². The second-order valence-electron chi connectivity index (χ2n) is 4.79. The monoisotopic (exact) mass is 263 g/mol. The zero-order valence-corrected chi connectivity index (χ0v) is 11.6. The number of rotatable bonds is 5. The maximum absolute atomic E-state index is 12.0. The summed E-state index contributed by atoms with van der Waals surface area (Å²) < 4.78 is 0. The van der Waals surface area contributed by atoms with E-state index >= 15 is 0 Å². The second kappa shape index (κ2) is 6.33. The number of anilines is 1. The number of amides is 2. The molecule has 0 aromatic heterocycles. The van der Waals surface area contributed by atoms with Gasteiger partial charge < -0.3 is 16.8 Å². The van der Waals surface area contributed by atoms with Crippen molar-refractivity contribution >= 4 is 17.5 Å². The van der Waals surface area contributed by atoms with E-state index in [9.17, 15) is 9.59 Å². The van der Waals surface area contributed by atoms with Crippen LogP contribution in [0.1, 0.15) is 36.2 Å². The van der Waals surface area contributed by atoms with Crippen LogP contribution in [0.4, 0.5) is 5.69 Å². The molecule has 1 aromatic rings. The molecule has 104 valence electrons. The predicted octanol–water partition coefficient (Wildman–Crippen LogP) is 1.41. The lowest BCUT2D eigenvalue weighted by Gasteiger charge is -2.18. The number of nitrogens with one attached hydrogen (secondary N) is 1. The van der Waals surface area contributed by atoms with E-state index in [2.05, 4.69) is 5.32 Å². The van der Waals surface area contributed by atoms with Crippen LogP contribution in [0.5, 0.6) is 0 Å². The molecule has 0 aliphatic carbocycles. The zero-order chi connectivity index (χ0) is 14.6. The number of carbonyl (C=O) groups is 2. The molecule has 5 nitrogen and oxygen atoms in total. The smallest absolute Gasteiger partial charge is 0.248 e. The summed E-state index contributed by atoms with van der Waals surface area (Å²) in [6.45, 7) is 5.73. The van der Waals surface area contributed by atoms with E-state index in [0.717, 1.165) is 12.0 Å². The van der Waals surface area contributed by atoms with Crippen LogP contribution < -0.4 is 16.8 Å². The summed E-state index contributed by atoms with van der Waals surface area (Å²) >= 11 is 0. The SMILES string of the molecule is CCC(C)[C@H](N)C(=O)Nc1ccc(C(N)=O)cc1C. The van der Waals surface area contributed by atoms with Gasteiger partial charge >= 0.3 is 0 Å². The van der Waals surface area contributed by atoms with Gasteiger partial charge in [-0.15, -0.1) is 0 Å². The van der Waals surface area contributed by atoms with E-state index in [-0.39, 0.29) is 11.8 Å². The molecule has 0 aliphatic rings. The quantitative estimate of drug-likeness (QED) is 0.749. The van der Waals surface area contributed by atoms with E-state index in [1.165, 1.54) is 0 Å². The molecule has 0 heterocycles. The number of aryl methyl sites for hydroxylation is 1. The third-order valence-electron chi connectivity index (χ3n) is 3.33. The summed E-state index contributed by atoms with van der Waals surface area (Å²) in [4.78, 5) is 23.0. The molecule has 0 saturated heterocycles. The highest BCUT2D eigenvalue weighted by molar-refractivity contribution is 5.97. The fraction of sp³-hybridized carbons (Fsp3) is 0.429. The summed E-state index contributed by atoms with van der Waals surface area (Å²) in [5, 5.41) is 2.78. The average Bonchev–Trinajstić information content (AvgIpc) is 2.38. The van der Waals surface area contributed by atoms with Gasteiger partial charge in [0.2, 0.25) is 11.8 Å². The fourth-order valence-corrected chi connectivity index (χ4v) is 1.69. The molecular weight excluding hydrogens is 242 g/mol. The molecule has 0 spiro atoms. The topological polar surface area (TPSA) is 98.2 Å². The highest BCUT2D eigenvalue weighted by atomic mass is 16.2. The van der Waals surface area contributed by atoms with Gasteiger partial charge in [-0.05, 0) is 36.6 Å². The third kappa shape index (κ3) is 3.79. The Bertz CT molecular complexity index is 486. The highest BCUT2D eigenvalue weighted by Crippen LogP contribution is 2.17. The Morgan fingerprint density at radius 3 is 2.47 bits per heavy atom. The van der Waals surface area contributed by atoms with Crippen molar-refractivity contribution in [2.75, 3.05) is 5.32 Å². The van der Waals surface area contributed by atoms with E-state index in [4.69, 9.17) is 11.5 Å². The van der Waals surface area contributed by atoms with Crippen LogP contribution >= 0.6 is 0 Å². The Kier molecular flexibility index (Phi) is 5.06. The molecular formula is C14H21N3O2. The highest BCUT2D eigenvalue weighted by Gasteiger charge is 2.20. The van der Waals surface area contributed by atoms with Gasteiger partial charge in [0.15, 0.2) is 0 Å². The molecule has 0 aliphatic heterocycles. The molecule has 5 heteroatoms. The molecule has 0 bridgehead atoms. The Balaban J connectivity index is 2.83. The lowest BCUT2D eigenvalue weighted by molar-refractivity contribution is -0.118. The Hall–Kier alpha value is -1.88. The normalized spacial score (nSPS) is 13.7. The van der Waals surface area contributed by atoms with Crippen LogP contribution in [0.2, 0.25) is 0 Å². The molecule has 1 rings (SSSR count). The minimum Gasteiger partial charge on any atom is -0.366 e. The van der Waals surface area contributed by atoms with Gasteiger partial charge in [0, 0.05) is 11.3 Å². The molecule has 0 saturated carbocycles. The van der Waals surface area contributed by atoms with Gasteiger partial charge in [-0.25, -0.2) is 0 Å². The van der Waals surface area contributed by atoms with Crippen LogP contribution in [0.3, 0.4) is 0 Å². The lowest BCUT2D eigenvalue weighted by Crippen LogP contribution is -2.40. The second-order valence-corrected chi connectivity index (χ2v) is 4.79. The minimum atomic E-state index is -0.541. The van der Waals surface area contributed by atoms with Crippen molar-refractivity contribution in [2.45, 2.75) is 33.2 Å². The third-order valence-corrected chi connectivity index (χ3v) is 3.33. The number of hydrogen-bond acceptors (Lipinski definition) is 3. The van der Waals surface area contributed by atoms with Gasteiger partial charge in [0.25, 0.3) is 0 Å². The minimum absolute atomic E-state index is 0.116. The Morgan fingerprint density at radius 1 is 1.37 bits per heavy atom. The molecule has 1 unspecified atom stereocenters. The van der Waals surface area contributed by atoms with E-state index < -0.39 is 11.9 Å². The first kappa shape index (κ1) is 15.2. The van der Waals surface area contributed by atoms with Crippen molar-refractivity contribution in [3.05, 3.63) is 29.3 Å². The van der Waals surface area contributed by atoms with Crippen molar-refractivity contribution in [2.24, 2.45) is 17.4 Å². The first-order valence-corrected chi connectivity index (χ1v) is 6.33. The number of primary amides is 1. The number of carbonyl (C=O) groups excluding carboxylic acids is 2. The maximum atomic E-state index is 12.0. The van der Waals surface area contributed by atoms with Gasteiger partial charge in [-0.2, -0.15) is 0 Å². The largest absolute Gasteiger partial charge is 0.366 e. The van der Waals surface area contributed by atoms with E-state index in [0.29, 0.717) is 11.3 Å². The summed E-state index contributed by atoms with van der Waals surface area (Å²) in [5.41, 5.74) is 12.9. The molecule has 2 amide bonds. The maximum Gasteiger partial charge on any atom is 0.248 e. The fourth-order valence-electron chi connectivity index (χ4n) is 1.69. The number of nitrogens with two attached hydrogens (primary N) is 2. The van der Waals surface area contributed by atoms with Crippen LogP contribution in [-0.2, 0) is 4.79 Å². The molecule has 5 N–H and O–H groups in total. The Labute approximate surface area is 113 Å². The van der Waals surface area contributed by atoms with Crippen molar-refractivity contribution < 1.29 is 9.59 Å². The molecule has 1 aromatic carbocycles. The van der Waals surface area contributed by atoms with Gasteiger partial charge in [-0.3, -0.25) is 9.59 Å². The molecule has 19 heavy (non-hydrogen) atoms. The average molecular weight is 263 g/mol. The van der Waals surface area contributed by atoms with Crippen LogP contribution in [-0.4, -0.2) is 17.9 Å². The molecule has 0 fully saturated rings. The standard InChI is InChI=1S/C14H21N3O2/c1-4-8(2)12(15)14(19)17-11-6-5-10(13(16)18)7-9(11)3/h5-8,12H,4,15H2,1-3H3,(H2,16,18)(H,17,19)/t8?,12-/m0/s1. The number of hydrogen-bond donors (Lipinski definition) is 3. The summed E-state index contributed by atoms with van der Waals surface area (Å²) in [5.74, 6) is -0.591. The van der Waals surface area contributed by atoms with Crippen molar-refractivity contribution in [3.63, 3.8) is 0 Å². The Morgan fingerprint density at radius 2 is 2.00 bits per heavy atom. The summed E-state index contributed by atoms with van der Waals surface area (Å²) in [7, 11) is 0. The van der Waals surface area contributed by atoms with Crippen LogP contribution in [0.15, 0.2) is 18.2 Å². The van der Waals surface area contributed by atoms with Gasteiger partial charge in [0.1, 0.15) is 0 Å².